The largest absolute Gasteiger partial charge is 0.352 e. The number of carbonyl (C=O) groups is 2. The van der Waals surface area contributed by atoms with E-state index in [0.29, 0.717) is 6.42 Å². The third-order valence-electron chi connectivity index (χ3n) is 4.24. The second-order valence-electron chi connectivity index (χ2n) is 6.30. The first-order valence-corrected chi connectivity index (χ1v) is 7.41. The highest BCUT2D eigenvalue weighted by atomic mass is 19.3. The van der Waals surface area contributed by atoms with Crippen molar-refractivity contribution in [1.82, 2.24) is 15.5 Å². The Morgan fingerprint density at radius 1 is 1.29 bits per heavy atom. The van der Waals surface area contributed by atoms with Crippen LogP contribution in [0.2, 0.25) is 0 Å². The molecule has 1 aliphatic carbocycles. The molecular formula is C14H23F2N3O2. The van der Waals surface area contributed by atoms with E-state index in [0.717, 1.165) is 19.3 Å². The minimum absolute atomic E-state index is 0.0690. The van der Waals surface area contributed by atoms with Crippen molar-refractivity contribution < 1.29 is 18.4 Å². The van der Waals surface area contributed by atoms with E-state index in [4.69, 9.17) is 0 Å². The van der Waals surface area contributed by atoms with E-state index in [2.05, 4.69) is 10.6 Å². The summed E-state index contributed by atoms with van der Waals surface area (Å²) in [5, 5.41) is 5.37. The maximum Gasteiger partial charge on any atom is 0.262 e. The third kappa shape index (κ3) is 4.12. The minimum Gasteiger partial charge on any atom is -0.352 e. The number of amides is 2. The molecule has 7 heteroatoms. The van der Waals surface area contributed by atoms with Gasteiger partial charge in [-0.2, -0.15) is 0 Å². The fourth-order valence-electron chi connectivity index (χ4n) is 3.11. The van der Waals surface area contributed by atoms with Crippen LogP contribution in [0.4, 0.5) is 8.78 Å². The Hall–Kier alpha value is -1.24. The summed E-state index contributed by atoms with van der Waals surface area (Å²) in [5.41, 5.74) is 0. The van der Waals surface area contributed by atoms with Gasteiger partial charge in [-0.15, -0.1) is 0 Å². The van der Waals surface area contributed by atoms with Gasteiger partial charge in [-0.05, 0) is 19.3 Å². The van der Waals surface area contributed by atoms with Crippen molar-refractivity contribution in [2.24, 2.45) is 5.92 Å². The molecule has 5 nitrogen and oxygen atoms in total. The Labute approximate surface area is 123 Å². The highest BCUT2D eigenvalue weighted by molar-refractivity contribution is 5.83. The Bertz CT molecular complexity index is 415. The lowest BCUT2D eigenvalue weighted by Crippen LogP contribution is -2.48. The van der Waals surface area contributed by atoms with Crippen molar-refractivity contribution in [3.8, 4) is 0 Å². The zero-order chi connectivity index (χ0) is 15.6. The van der Waals surface area contributed by atoms with E-state index in [1.165, 1.54) is 0 Å². The van der Waals surface area contributed by atoms with Crippen LogP contribution in [-0.2, 0) is 9.59 Å². The summed E-state index contributed by atoms with van der Waals surface area (Å²) in [6.07, 6.45) is 2.62. The molecule has 21 heavy (non-hydrogen) atoms. The first kappa shape index (κ1) is 16.1. The molecule has 0 bridgehead atoms. The van der Waals surface area contributed by atoms with Crippen molar-refractivity contribution in [2.45, 2.75) is 50.1 Å². The van der Waals surface area contributed by atoms with Gasteiger partial charge in [0.05, 0.1) is 12.6 Å². The summed E-state index contributed by atoms with van der Waals surface area (Å²) in [4.78, 5) is 25.5. The van der Waals surface area contributed by atoms with Crippen molar-refractivity contribution in [2.75, 3.05) is 20.6 Å². The van der Waals surface area contributed by atoms with Crippen LogP contribution in [0.5, 0.6) is 0 Å². The average Bonchev–Trinajstić information content (AvgIpc) is 2.78. The van der Waals surface area contributed by atoms with Crippen LogP contribution in [0, 0.1) is 5.92 Å². The smallest absolute Gasteiger partial charge is 0.262 e. The molecule has 0 spiro atoms. The number of nitrogens with one attached hydrogen (secondary N) is 2. The molecule has 2 rings (SSSR count). The van der Waals surface area contributed by atoms with Crippen LogP contribution in [0.25, 0.3) is 0 Å². The fraction of sp³-hybridized carbons (Fsp3) is 0.857. The van der Waals surface area contributed by atoms with E-state index >= 15 is 0 Å². The molecule has 3 atom stereocenters. The van der Waals surface area contributed by atoms with Gasteiger partial charge in [-0.1, -0.05) is 6.42 Å². The number of halogens is 2. The Balaban J connectivity index is 1.85. The van der Waals surface area contributed by atoms with Gasteiger partial charge in [0, 0.05) is 32.5 Å². The quantitative estimate of drug-likeness (QED) is 0.809. The molecule has 0 aromatic rings. The molecule has 2 N–H and O–H groups in total. The molecule has 1 heterocycles. The maximum absolute atomic E-state index is 13.1. The van der Waals surface area contributed by atoms with Crippen LogP contribution in [0.1, 0.15) is 32.1 Å². The number of hydrogen-bond acceptors (Lipinski definition) is 3. The topological polar surface area (TPSA) is 61.4 Å². The first-order valence-electron chi connectivity index (χ1n) is 7.41. The lowest BCUT2D eigenvalue weighted by molar-refractivity contribution is -0.135. The van der Waals surface area contributed by atoms with Gasteiger partial charge in [0.1, 0.15) is 0 Å². The standard InChI is InChI=1S/C14H23F2N3O2/c1-19(2)13(21)9-4-3-5-10(6-9)18-12(20)11-7-14(15,16)8-17-11/h9-11,17H,3-8H2,1-2H3,(H,18,20). The van der Waals surface area contributed by atoms with Crippen molar-refractivity contribution in [3.05, 3.63) is 0 Å². The van der Waals surface area contributed by atoms with E-state index in [9.17, 15) is 18.4 Å². The number of rotatable bonds is 3. The number of nitrogens with zero attached hydrogens (tertiary/aromatic N) is 1. The van der Waals surface area contributed by atoms with Crippen molar-refractivity contribution >= 4 is 11.8 Å². The van der Waals surface area contributed by atoms with Gasteiger partial charge in [-0.25, -0.2) is 8.78 Å². The first-order chi connectivity index (χ1) is 9.78. The zero-order valence-electron chi connectivity index (χ0n) is 12.5. The third-order valence-corrected chi connectivity index (χ3v) is 4.24. The monoisotopic (exact) mass is 303 g/mol. The molecule has 1 saturated heterocycles. The van der Waals surface area contributed by atoms with Crippen molar-refractivity contribution in [3.63, 3.8) is 0 Å². The lowest BCUT2D eigenvalue weighted by atomic mass is 9.84. The number of hydrogen-bond donors (Lipinski definition) is 2. The van der Waals surface area contributed by atoms with E-state index in [1.54, 1.807) is 19.0 Å². The predicted molar refractivity (Wildman–Crippen MR) is 73.9 cm³/mol. The minimum atomic E-state index is -2.81. The van der Waals surface area contributed by atoms with E-state index in [-0.39, 0.29) is 23.8 Å². The highest BCUT2D eigenvalue weighted by Gasteiger charge is 2.42. The molecular weight excluding hydrogens is 280 g/mol. The Morgan fingerprint density at radius 3 is 2.57 bits per heavy atom. The molecule has 3 unspecified atom stereocenters. The Morgan fingerprint density at radius 2 is 2.00 bits per heavy atom. The van der Waals surface area contributed by atoms with Crippen LogP contribution < -0.4 is 10.6 Å². The number of carbonyl (C=O) groups excluding carboxylic acids is 2. The summed E-state index contributed by atoms with van der Waals surface area (Å²) in [6.45, 7) is -0.447. The lowest BCUT2D eigenvalue weighted by Gasteiger charge is -2.31. The Kier molecular flexibility index (Phi) is 4.81. The van der Waals surface area contributed by atoms with Gasteiger partial charge in [-0.3, -0.25) is 14.9 Å². The van der Waals surface area contributed by atoms with Gasteiger partial charge < -0.3 is 10.2 Å². The van der Waals surface area contributed by atoms with Crippen LogP contribution in [-0.4, -0.2) is 55.4 Å². The summed E-state index contributed by atoms with van der Waals surface area (Å²) >= 11 is 0. The summed E-state index contributed by atoms with van der Waals surface area (Å²) in [5.74, 6) is -3.20. The molecule has 120 valence electrons. The molecule has 1 saturated carbocycles. The SMILES string of the molecule is CN(C)C(=O)C1CCCC(NC(=O)C2CC(F)(F)CN2)C1. The number of alkyl halides is 2. The fourth-order valence-corrected chi connectivity index (χ4v) is 3.11. The van der Waals surface area contributed by atoms with E-state index in [1.807, 2.05) is 0 Å². The molecule has 0 aromatic heterocycles. The maximum atomic E-state index is 13.1. The van der Waals surface area contributed by atoms with Gasteiger partial charge in [0.25, 0.3) is 5.92 Å². The van der Waals surface area contributed by atoms with Crippen LogP contribution in [0.3, 0.4) is 0 Å². The molecule has 0 radical (unpaired) electrons. The average molecular weight is 303 g/mol. The molecule has 0 aromatic carbocycles. The normalized spacial score (nSPS) is 31.7. The van der Waals surface area contributed by atoms with Gasteiger partial charge in [0.15, 0.2) is 0 Å². The van der Waals surface area contributed by atoms with Crippen molar-refractivity contribution in [1.29, 1.82) is 0 Å². The summed E-state index contributed by atoms with van der Waals surface area (Å²) in [7, 11) is 3.43. The molecule has 2 amide bonds. The van der Waals surface area contributed by atoms with Crippen LogP contribution in [0.15, 0.2) is 0 Å². The van der Waals surface area contributed by atoms with Gasteiger partial charge in [0.2, 0.25) is 11.8 Å². The van der Waals surface area contributed by atoms with Crippen LogP contribution >= 0.6 is 0 Å². The molecule has 2 aliphatic rings. The predicted octanol–water partition coefficient (Wildman–Crippen LogP) is 0.747. The second kappa shape index (κ2) is 6.25. The zero-order valence-corrected chi connectivity index (χ0v) is 12.5. The highest BCUT2D eigenvalue weighted by Crippen LogP contribution is 2.27. The summed E-state index contributed by atoms with van der Waals surface area (Å²) < 4.78 is 26.2. The molecule has 1 aliphatic heterocycles. The second-order valence-corrected chi connectivity index (χ2v) is 6.30. The van der Waals surface area contributed by atoms with E-state index < -0.39 is 24.9 Å². The van der Waals surface area contributed by atoms with Gasteiger partial charge >= 0.3 is 0 Å². The molecule has 2 fully saturated rings. The summed E-state index contributed by atoms with van der Waals surface area (Å²) in [6, 6.07) is -0.930.